The predicted molar refractivity (Wildman–Crippen MR) is 82.0 cm³/mol. The van der Waals surface area contributed by atoms with Crippen LogP contribution in [0.5, 0.6) is 5.88 Å². The van der Waals surface area contributed by atoms with Crippen molar-refractivity contribution >= 4 is 0 Å². The number of benzene rings is 1. The van der Waals surface area contributed by atoms with Crippen LogP contribution in [0.4, 0.5) is 22.0 Å². The molecule has 0 radical (unpaired) electrons. The van der Waals surface area contributed by atoms with Crippen LogP contribution < -0.4 is 4.74 Å². The Kier molecular flexibility index (Phi) is 6.27. The molecule has 1 aromatic heterocycles. The number of hydrogen-bond acceptors (Lipinski definition) is 3. The molecule has 2 aromatic rings. The van der Waals surface area contributed by atoms with Crippen molar-refractivity contribution in [3.63, 3.8) is 0 Å². The van der Waals surface area contributed by atoms with Crippen LogP contribution in [0.2, 0.25) is 0 Å². The van der Waals surface area contributed by atoms with Gasteiger partial charge in [-0.1, -0.05) is 26.2 Å². The highest BCUT2D eigenvalue weighted by molar-refractivity contribution is 5.58. The van der Waals surface area contributed by atoms with E-state index in [1.165, 1.54) is 12.3 Å². The summed E-state index contributed by atoms with van der Waals surface area (Å²) in [5.41, 5.74) is -2.50. The molecule has 0 bridgehead atoms. The van der Waals surface area contributed by atoms with Gasteiger partial charge < -0.3 is 4.74 Å². The van der Waals surface area contributed by atoms with E-state index in [-0.39, 0.29) is 11.7 Å². The molecular formula is C17H17F5N2O. The predicted octanol–water partition coefficient (Wildman–Crippen LogP) is 5.40. The van der Waals surface area contributed by atoms with E-state index in [4.69, 9.17) is 4.74 Å². The highest BCUT2D eigenvalue weighted by Gasteiger charge is 2.39. The van der Waals surface area contributed by atoms with Gasteiger partial charge in [0.15, 0.2) is 5.82 Å². The minimum Gasteiger partial charge on any atom is -0.478 e. The highest BCUT2D eigenvalue weighted by atomic mass is 19.4. The summed E-state index contributed by atoms with van der Waals surface area (Å²) in [4.78, 5) is 7.67. The lowest BCUT2D eigenvalue weighted by atomic mass is 10.1. The number of aromatic nitrogens is 2. The lowest BCUT2D eigenvalue weighted by Crippen LogP contribution is -2.12. The summed E-state index contributed by atoms with van der Waals surface area (Å²) in [5.74, 6) is -3.60. The average Bonchev–Trinajstić information content (AvgIpc) is 2.54. The Morgan fingerprint density at radius 2 is 1.80 bits per heavy atom. The molecule has 0 amide bonds. The maximum Gasteiger partial charge on any atom is 0.422 e. The fourth-order valence-corrected chi connectivity index (χ4v) is 2.24. The van der Waals surface area contributed by atoms with E-state index in [9.17, 15) is 22.0 Å². The van der Waals surface area contributed by atoms with Crippen LogP contribution in [0.15, 0.2) is 24.4 Å². The van der Waals surface area contributed by atoms with Gasteiger partial charge in [-0.2, -0.15) is 18.2 Å². The first-order valence-corrected chi connectivity index (χ1v) is 7.86. The Balaban J connectivity index is 2.23. The van der Waals surface area contributed by atoms with E-state index in [1.54, 1.807) is 0 Å². The molecule has 0 atom stereocenters. The van der Waals surface area contributed by atoms with Crippen LogP contribution in [0.1, 0.15) is 38.2 Å². The lowest BCUT2D eigenvalue weighted by molar-refractivity contribution is -0.142. The molecular weight excluding hydrogens is 343 g/mol. The number of ether oxygens (including phenoxy) is 1. The number of halogens is 5. The molecule has 0 saturated heterocycles. The van der Waals surface area contributed by atoms with Gasteiger partial charge in [0, 0.05) is 12.3 Å². The van der Waals surface area contributed by atoms with E-state index in [0.29, 0.717) is 12.7 Å². The van der Waals surface area contributed by atoms with E-state index >= 15 is 0 Å². The molecule has 0 aliphatic carbocycles. The van der Waals surface area contributed by atoms with Crippen LogP contribution in [0, 0.1) is 11.6 Å². The molecule has 0 saturated carbocycles. The summed E-state index contributed by atoms with van der Waals surface area (Å²) in [5, 5.41) is 0. The second kappa shape index (κ2) is 8.22. The van der Waals surface area contributed by atoms with E-state index < -0.39 is 28.9 Å². The minimum atomic E-state index is -5.16. The van der Waals surface area contributed by atoms with Gasteiger partial charge in [-0.15, -0.1) is 0 Å². The van der Waals surface area contributed by atoms with E-state index in [2.05, 4.69) is 16.9 Å². The molecule has 0 spiro atoms. The maximum atomic E-state index is 14.2. The topological polar surface area (TPSA) is 35.0 Å². The summed E-state index contributed by atoms with van der Waals surface area (Å²) in [6.07, 6.45) is 0.0199. The number of unbranched alkanes of at least 4 members (excludes halogenated alkanes) is 3. The Hall–Kier alpha value is -2.25. The van der Waals surface area contributed by atoms with Gasteiger partial charge >= 0.3 is 6.18 Å². The Morgan fingerprint density at radius 3 is 2.48 bits per heavy atom. The first kappa shape index (κ1) is 19.1. The largest absolute Gasteiger partial charge is 0.478 e. The molecule has 3 nitrogen and oxygen atoms in total. The molecule has 136 valence electrons. The molecule has 1 heterocycles. The fourth-order valence-electron chi connectivity index (χ4n) is 2.24. The minimum absolute atomic E-state index is 0.124. The average molecular weight is 360 g/mol. The van der Waals surface area contributed by atoms with Crippen molar-refractivity contribution in [2.24, 2.45) is 0 Å². The summed E-state index contributed by atoms with van der Waals surface area (Å²) >= 11 is 0. The first-order chi connectivity index (χ1) is 11.8. The number of rotatable bonds is 7. The van der Waals surface area contributed by atoms with Gasteiger partial charge in [0.05, 0.1) is 12.2 Å². The van der Waals surface area contributed by atoms with Crippen LogP contribution >= 0.6 is 0 Å². The van der Waals surface area contributed by atoms with Crippen molar-refractivity contribution in [1.29, 1.82) is 0 Å². The molecule has 0 aliphatic rings. The zero-order chi connectivity index (χ0) is 18.4. The van der Waals surface area contributed by atoms with Crippen molar-refractivity contribution in [2.45, 2.75) is 38.8 Å². The molecule has 8 heteroatoms. The standard InChI is InChI=1S/C17H17F5N2O/c1-2-3-4-5-10-25-13-8-9-23-16(24-13)11-6-7-12(18)14(15(11)19)17(20,21)22/h6-9H,2-5,10H2,1H3. The van der Waals surface area contributed by atoms with Gasteiger partial charge in [0.1, 0.15) is 17.2 Å². The van der Waals surface area contributed by atoms with Crippen LogP contribution in [-0.2, 0) is 6.18 Å². The van der Waals surface area contributed by atoms with Gasteiger partial charge in [-0.25, -0.2) is 13.8 Å². The smallest absolute Gasteiger partial charge is 0.422 e. The van der Waals surface area contributed by atoms with Gasteiger partial charge in [-0.05, 0) is 18.6 Å². The fraction of sp³-hybridized carbons (Fsp3) is 0.412. The molecule has 1 aromatic carbocycles. The first-order valence-electron chi connectivity index (χ1n) is 7.86. The molecule has 2 rings (SSSR count). The van der Waals surface area contributed by atoms with Crippen molar-refractivity contribution in [3.05, 3.63) is 41.6 Å². The second-order valence-electron chi connectivity index (χ2n) is 5.41. The van der Waals surface area contributed by atoms with Crippen molar-refractivity contribution in [1.82, 2.24) is 9.97 Å². The van der Waals surface area contributed by atoms with Gasteiger partial charge in [0.25, 0.3) is 0 Å². The Bertz CT molecular complexity index is 719. The molecule has 0 fully saturated rings. The zero-order valence-corrected chi connectivity index (χ0v) is 13.5. The third-order valence-electron chi connectivity index (χ3n) is 3.49. The number of hydrogen-bond donors (Lipinski definition) is 0. The lowest BCUT2D eigenvalue weighted by Gasteiger charge is -2.12. The molecule has 0 unspecified atom stereocenters. The third-order valence-corrected chi connectivity index (χ3v) is 3.49. The van der Waals surface area contributed by atoms with E-state index in [1.807, 2.05) is 0 Å². The normalized spacial score (nSPS) is 11.6. The van der Waals surface area contributed by atoms with Crippen molar-refractivity contribution < 1.29 is 26.7 Å². The molecule has 25 heavy (non-hydrogen) atoms. The number of alkyl halides is 3. The van der Waals surface area contributed by atoms with Gasteiger partial charge in [0.2, 0.25) is 5.88 Å². The maximum absolute atomic E-state index is 14.2. The Morgan fingerprint density at radius 1 is 1.04 bits per heavy atom. The molecule has 0 aliphatic heterocycles. The molecule has 0 N–H and O–H groups in total. The van der Waals surface area contributed by atoms with Crippen LogP contribution in [0.25, 0.3) is 11.4 Å². The Labute approximate surface area is 141 Å². The summed E-state index contributed by atoms with van der Waals surface area (Å²) < 4.78 is 71.3. The summed E-state index contributed by atoms with van der Waals surface area (Å²) in [6.45, 7) is 2.46. The van der Waals surface area contributed by atoms with Crippen molar-refractivity contribution in [3.8, 4) is 17.3 Å². The number of nitrogens with zero attached hydrogens (tertiary/aromatic N) is 2. The van der Waals surface area contributed by atoms with E-state index in [0.717, 1.165) is 31.7 Å². The summed E-state index contributed by atoms with van der Waals surface area (Å²) in [6, 6.07) is 2.85. The summed E-state index contributed by atoms with van der Waals surface area (Å²) in [7, 11) is 0. The highest BCUT2D eigenvalue weighted by Crippen LogP contribution is 2.36. The van der Waals surface area contributed by atoms with Crippen LogP contribution in [0.3, 0.4) is 0 Å². The van der Waals surface area contributed by atoms with Crippen molar-refractivity contribution in [2.75, 3.05) is 6.61 Å². The quantitative estimate of drug-likeness (QED) is 0.490. The van der Waals surface area contributed by atoms with Crippen LogP contribution in [-0.4, -0.2) is 16.6 Å². The third kappa shape index (κ3) is 4.87. The monoisotopic (exact) mass is 360 g/mol. The zero-order valence-electron chi connectivity index (χ0n) is 13.5. The SMILES string of the molecule is CCCCCCOc1ccnc(-c2ccc(F)c(C(F)(F)F)c2F)n1. The second-order valence-corrected chi connectivity index (χ2v) is 5.41. The van der Waals surface area contributed by atoms with Gasteiger partial charge in [-0.3, -0.25) is 0 Å².